The van der Waals surface area contributed by atoms with Crippen molar-refractivity contribution in [1.29, 1.82) is 0 Å². The van der Waals surface area contributed by atoms with Crippen molar-refractivity contribution in [3.63, 3.8) is 0 Å². The van der Waals surface area contributed by atoms with Crippen molar-refractivity contribution in [3.05, 3.63) is 28.2 Å². The number of carbonyl (C=O) groups is 3. The number of carboxylic acid groups (broad SMARTS) is 2. The molecule has 0 radical (unpaired) electrons. The number of hydrogen-bond donors (Lipinski definition) is 4. The minimum Gasteiger partial charge on any atom is -0.481 e. The third-order valence-electron chi connectivity index (χ3n) is 2.35. The standard InChI is InChI=1S/C12H13BrN2O5/c1-6-2-3-7(13)8(4-6)14-12(20)15-9(11(18)19)5-10(16)17/h2-4,9H,5H2,1H3,(H,16,17)(H,18,19)(H2,14,15,20). The molecule has 0 saturated heterocycles. The number of nitrogens with one attached hydrogen (secondary N) is 2. The Bertz CT molecular complexity index is 547. The van der Waals surface area contributed by atoms with Crippen molar-refractivity contribution < 1.29 is 24.6 Å². The van der Waals surface area contributed by atoms with Crippen LogP contribution in [-0.2, 0) is 9.59 Å². The number of halogens is 1. The molecule has 0 fully saturated rings. The highest BCUT2D eigenvalue weighted by Crippen LogP contribution is 2.23. The molecule has 1 aromatic rings. The molecule has 2 amide bonds. The molecule has 0 heterocycles. The molecule has 20 heavy (non-hydrogen) atoms. The van der Waals surface area contributed by atoms with Crippen LogP contribution in [0.5, 0.6) is 0 Å². The van der Waals surface area contributed by atoms with E-state index >= 15 is 0 Å². The summed E-state index contributed by atoms with van der Waals surface area (Å²) in [4.78, 5) is 33.0. The van der Waals surface area contributed by atoms with Gasteiger partial charge in [-0.3, -0.25) is 4.79 Å². The third-order valence-corrected chi connectivity index (χ3v) is 3.04. The summed E-state index contributed by atoms with van der Waals surface area (Å²) >= 11 is 3.24. The van der Waals surface area contributed by atoms with Gasteiger partial charge < -0.3 is 20.8 Å². The van der Waals surface area contributed by atoms with Gasteiger partial charge in [-0.25, -0.2) is 9.59 Å². The molecular formula is C12H13BrN2O5. The summed E-state index contributed by atoms with van der Waals surface area (Å²) in [7, 11) is 0. The van der Waals surface area contributed by atoms with E-state index in [1.165, 1.54) is 0 Å². The Morgan fingerprint density at radius 2 is 1.95 bits per heavy atom. The maximum Gasteiger partial charge on any atom is 0.326 e. The van der Waals surface area contributed by atoms with Crippen LogP contribution in [0.25, 0.3) is 0 Å². The number of aryl methyl sites for hydroxylation is 1. The molecule has 0 aromatic heterocycles. The molecule has 0 aliphatic carbocycles. The van der Waals surface area contributed by atoms with Gasteiger partial charge in [0, 0.05) is 4.47 Å². The second-order valence-corrected chi connectivity index (χ2v) is 4.92. The lowest BCUT2D eigenvalue weighted by atomic mass is 10.2. The van der Waals surface area contributed by atoms with Gasteiger partial charge in [-0.05, 0) is 40.5 Å². The predicted octanol–water partition coefficient (Wildman–Crippen LogP) is 1.81. The van der Waals surface area contributed by atoms with Crippen LogP contribution in [0.4, 0.5) is 10.5 Å². The van der Waals surface area contributed by atoms with Crippen LogP contribution in [0.3, 0.4) is 0 Å². The molecule has 108 valence electrons. The fourth-order valence-corrected chi connectivity index (χ4v) is 1.77. The molecule has 0 saturated carbocycles. The first-order valence-electron chi connectivity index (χ1n) is 5.58. The smallest absolute Gasteiger partial charge is 0.326 e. The number of amides is 2. The third kappa shape index (κ3) is 4.88. The Balaban J connectivity index is 2.72. The topological polar surface area (TPSA) is 116 Å². The van der Waals surface area contributed by atoms with E-state index in [0.29, 0.717) is 10.2 Å². The zero-order valence-corrected chi connectivity index (χ0v) is 12.1. The Kier molecular flexibility index (Phi) is 5.51. The molecule has 4 N–H and O–H groups in total. The summed E-state index contributed by atoms with van der Waals surface area (Å²) < 4.78 is 0.628. The van der Waals surface area contributed by atoms with Gasteiger partial charge in [-0.2, -0.15) is 0 Å². The first-order chi connectivity index (χ1) is 9.29. The van der Waals surface area contributed by atoms with Crippen molar-refractivity contribution >= 4 is 39.6 Å². The van der Waals surface area contributed by atoms with E-state index in [1.807, 2.05) is 13.0 Å². The first kappa shape index (κ1) is 16.0. The fourth-order valence-electron chi connectivity index (χ4n) is 1.43. The molecule has 0 spiro atoms. The number of anilines is 1. The minimum atomic E-state index is -1.49. The lowest BCUT2D eigenvalue weighted by Crippen LogP contribution is -2.44. The summed E-state index contributed by atoms with van der Waals surface area (Å²) in [6.07, 6.45) is -0.697. The van der Waals surface area contributed by atoms with E-state index in [4.69, 9.17) is 10.2 Å². The highest BCUT2D eigenvalue weighted by molar-refractivity contribution is 9.10. The average Bonchev–Trinajstić information content (AvgIpc) is 2.32. The van der Waals surface area contributed by atoms with E-state index in [9.17, 15) is 14.4 Å². The number of aliphatic carboxylic acids is 2. The molecule has 0 bridgehead atoms. The first-order valence-corrected chi connectivity index (χ1v) is 6.37. The largest absolute Gasteiger partial charge is 0.481 e. The number of rotatable bonds is 5. The van der Waals surface area contributed by atoms with Crippen LogP contribution in [0.2, 0.25) is 0 Å². The van der Waals surface area contributed by atoms with E-state index < -0.39 is 30.4 Å². The van der Waals surface area contributed by atoms with Gasteiger partial charge in [0.1, 0.15) is 6.04 Å². The molecule has 0 aliphatic heterocycles. The van der Waals surface area contributed by atoms with Crippen molar-refractivity contribution in [2.24, 2.45) is 0 Å². The maximum absolute atomic E-state index is 11.7. The summed E-state index contributed by atoms with van der Waals surface area (Å²) in [6.45, 7) is 1.83. The Morgan fingerprint density at radius 3 is 2.50 bits per heavy atom. The highest BCUT2D eigenvalue weighted by atomic mass is 79.9. The Morgan fingerprint density at radius 1 is 1.30 bits per heavy atom. The van der Waals surface area contributed by atoms with Crippen molar-refractivity contribution in [3.8, 4) is 0 Å². The van der Waals surface area contributed by atoms with Crippen LogP contribution in [0.15, 0.2) is 22.7 Å². The molecule has 1 rings (SSSR count). The van der Waals surface area contributed by atoms with Crippen LogP contribution < -0.4 is 10.6 Å². The zero-order valence-electron chi connectivity index (χ0n) is 10.5. The normalized spacial score (nSPS) is 11.5. The van der Waals surface area contributed by atoms with Gasteiger partial charge in [-0.15, -0.1) is 0 Å². The lowest BCUT2D eigenvalue weighted by molar-refractivity contribution is -0.145. The number of urea groups is 1. The van der Waals surface area contributed by atoms with Gasteiger partial charge in [0.25, 0.3) is 0 Å². The quantitative estimate of drug-likeness (QED) is 0.650. The second kappa shape index (κ2) is 6.90. The molecular weight excluding hydrogens is 332 g/mol. The molecule has 7 nitrogen and oxygen atoms in total. The van der Waals surface area contributed by atoms with Gasteiger partial charge in [0.15, 0.2) is 0 Å². The van der Waals surface area contributed by atoms with Gasteiger partial charge in [0.2, 0.25) is 0 Å². The molecule has 1 unspecified atom stereocenters. The number of hydrogen-bond acceptors (Lipinski definition) is 3. The molecule has 0 aliphatic rings. The Hall–Kier alpha value is -2.09. The monoisotopic (exact) mass is 344 g/mol. The Labute approximate surface area is 123 Å². The van der Waals surface area contributed by atoms with Crippen LogP contribution >= 0.6 is 15.9 Å². The summed E-state index contributed by atoms with van der Waals surface area (Å²) in [5.74, 6) is -2.72. The molecule has 1 atom stereocenters. The SMILES string of the molecule is Cc1ccc(Br)c(NC(=O)NC(CC(=O)O)C(=O)O)c1. The van der Waals surface area contributed by atoms with Crippen LogP contribution in [0, 0.1) is 6.92 Å². The van der Waals surface area contributed by atoms with Gasteiger partial charge in [-0.1, -0.05) is 6.07 Å². The lowest BCUT2D eigenvalue weighted by Gasteiger charge is -2.14. The molecule has 8 heteroatoms. The summed E-state index contributed by atoms with van der Waals surface area (Å²) in [6, 6.07) is 2.98. The summed E-state index contributed by atoms with van der Waals surface area (Å²) in [5, 5.41) is 21.9. The van der Waals surface area contributed by atoms with Gasteiger partial charge in [0.05, 0.1) is 12.1 Å². The van der Waals surface area contributed by atoms with Crippen molar-refractivity contribution in [1.82, 2.24) is 5.32 Å². The zero-order chi connectivity index (χ0) is 15.3. The predicted molar refractivity (Wildman–Crippen MR) is 74.7 cm³/mol. The van der Waals surface area contributed by atoms with E-state index in [0.717, 1.165) is 5.56 Å². The van der Waals surface area contributed by atoms with E-state index in [-0.39, 0.29) is 0 Å². The van der Waals surface area contributed by atoms with Crippen molar-refractivity contribution in [2.45, 2.75) is 19.4 Å². The van der Waals surface area contributed by atoms with Crippen LogP contribution in [0.1, 0.15) is 12.0 Å². The van der Waals surface area contributed by atoms with E-state index in [1.54, 1.807) is 12.1 Å². The number of carbonyl (C=O) groups excluding carboxylic acids is 1. The fraction of sp³-hybridized carbons (Fsp3) is 0.250. The minimum absolute atomic E-state index is 0.460. The number of benzene rings is 1. The van der Waals surface area contributed by atoms with Gasteiger partial charge >= 0.3 is 18.0 Å². The summed E-state index contributed by atoms with van der Waals surface area (Å²) in [5.41, 5.74) is 1.37. The number of carboxylic acids is 2. The highest BCUT2D eigenvalue weighted by Gasteiger charge is 2.23. The van der Waals surface area contributed by atoms with Crippen molar-refractivity contribution in [2.75, 3.05) is 5.32 Å². The molecule has 1 aromatic carbocycles. The second-order valence-electron chi connectivity index (χ2n) is 4.07. The average molecular weight is 345 g/mol. The van der Waals surface area contributed by atoms with E-state index in [2.05, 4.69) is 26.6 Å². The maximum atomic E-state index is 11.7. The van der Waals surface area contributed by atoms with Crippen LogP contribution in [-0.4, -0.2) is 34.2 Å².